The van der Waals surface area contributed by atoms with Crippen LogP contribution in [0.1, 0.15) is 31.2 Å². The van der Waals surface area contributed by atoms with Gasteiger partial charge in [0.15, 0.2) is 0 Å². The first-order valence-corrected chi connectivity index (χ1v) is 7.74. The number of carbonyl (C=O) groups is 1. The van der Waals surface area contributed by atoms with Gasteiger partial charge in [-0.25, -0.2) is 0 Å². The topological polar surface area (TPSA) is 35.5 Å². The lowest BCUT2D eigenvalue weighted by Crippen LogP contribution is -2.06. The number of hydrogen-bond acceptors (Lipinski definition) is 3. The van der Waals surface area contributed by atoms with Crippen molar-refractivity contribution in [2.45, 2.75) is 25.7 Å². The highest BCUT2D eigenvalue weighted by atomic mass is 127. The van der Waals surface area contributed by atoms with Crippen LogP contribution in [-0.4, -0.2) is 17.2 Å². The Labute approximate surface area is 121 Å². The van der Waals surface area contributed by atoms with Crippen molar-refractivity contribution in [3.63, 3.8) is 0 Å². The van der Waals surface area contributed by atoms with Crippen LogP contribution in [0.4, 0.5) is 0 Å². The van der Waals surface area contributed by atoms with Crippen LogP contribution in [0.15, 0.2) is 24.3 Å². The van der Waals surface area contributed by atoms with Gasteiger partial charge < -0.3 is 9.47 Å². The van der Waals surface area contributed by atoms with E-state index in [1.54, 1.807) is 0 Å². The first kappa shape index (κ1) is 13.6. The zero-order valence-electron chi connectivity index (χ0n) is 10.4. The van der Waals surface area contributed by atoms with E-state index in [-0.39, 0.29) is 11.9 Å². The Balaban J connectivity index is 1.90. The maximum absolute atomic E-state index is 11.5. The minimum Gasteiger partial charge on any atom is -0.494 e. The Kier molecular flexibility index (Phi) is 4.86. The standard InChI is InChI=1S/C14H17IO3/c1-2-7-17-11-5-3-10(4-6-11)12-8-13(12)14(16)18-9-15/h3-6,12-13H,2,7-9H2,1H3. The minimum atomic E-state index is -0.0688. The molecule has 4 heteroatoms. The summed E-state index contributed by atoms with van der Waals surface area (Å²) in [6.07, 6.45) is 1.92. The number of alkyl halides is 1. The predicted octanol–water partition coefficient (Wildman–Crippen LogP) is 3.51. The van der Waals surface area contributed by atoms with Crippen LogP contribution in [0.25, 0.3) is 0 Å². The second-order valence-electron chi connectivity index (χ2n) is 4.44. The van der Waals surface area contributed by atoms with E-state index in [4.69, 9.17) is 9.47 Å². The zero-order chi connectivity index (χ0) is 13.0. The molecule has 1 fully saturated rings. The van der Waals surface area contributed by atoms with E-state index in [1.807, 2.05) is 46.9 Å². The molecule has 0 aromatic heterocycles. The van der Waals surface area contributed by atoms with E-state index in [1.165, 1.54) is 5.56 Å². The molecule has 2 atom stereocenters. The fraction of sp³-hybridized carbons (Fsp3) is 0.500. The van der Waals surface area contributed by atoms with Gasteiger partial charge in [0.2, 0.25) is 0 Å². The molecule has 98 valence electrons. The summed E-state index contributed by atoms with van der Waals surface area (Å²) in [5, 5.41) is 0. The van der Waals surface area contributed by atoms with Crippen molar-refractivity contribution in [3.05, 3.63) is 29.8 Å². The van der Waals surface area contributed by atoms with Crippen molar-refractivity contribution in [2.75, 3.05) is 11.2 Å². The molecular formula is C14H17IO3. The van der Waals surface area contributed by atoms with Crippen LogP contribution in [0.2, 0.25) is 0 Å². The summed E-state index contributed by atoms with van der Waals surface area (Å²) in [6.45, 7) is 2.83. The van der Waals surface area contributed by atoms with Crippen molar-refractivity contribution in [1.82, 2.24) is 0 Å². The second kappa shape index (κ2) is 6.41. The lowest BCUT2D eigenvalue weighted by molar-refractivity contribution is -0.142. The first-order chi connectivity index (χ1) is 8.76. The molecule has 0 heterocycles. The average Bonchev–Trinajstić information content (AvgIpc) is 3.17. The molecule has 0 radical (unpaired) electrons. The molecule has 1 aromatic carbocycles. The Hall–Kier alpha value is -0.780. The maximum Gasteiger partial charge on any atom is 0.310 e. The van der Waals surface area contributed by atoms with Crippen LogP contribution in [0, 0.1) is 5.92 Å². The molecule has 1 saturated carbocycles. The number of benzene rings is 1. The Morgan fingerprint density at radius 1 is 1.39 bits per heavy atom. The quantitative estimate of drug-likeness (QED) is 0.443. The largest absolute Gasteiger partial charge is 0.494 e. The van der Waals surface area contributed by atoms with Gasteiger partial charge >= 0.3 is 5.97 Å². The second-order valence-corrected chi connectivity index (χ2v) is 5.06. The van der Waals surface area contributed by atoms with Crippen molar-refractivity contribution in [2.24, 2.45) is 5.92 Å². The Bertz CT molecular complexity index is 402. The highest BCUT2D eigenvalue weighted by molar-refractivity contribution is 14.1. The van der Waals surface area contributed by atoms with Crippen molar-refractivity contribution >= 4 is 28.6 Å². The van der Waals surface area contributed by atoms with Gasteiger partial charge in [-0.1, -0.05) is 19.1 Å². The summed E-state index contributed by atoms with van der Waals surface area (Å²) in [6, 6.07) is 8.05. The molecule has 1 aliphatic carbocycles. The molecule has 0 saturated heterocycles. The van der Waals surface area contributed by atoms with E-state index < -0.39 is 0 Å². The summed E-state index contributed by atoms with van der Waals surface area (Å²) in [7, 11) is 0. The maximum atomic E-state index is 11.5. The van der Waals surface area contributed by atoms with E-state index >= 15 is 0 Å². The summed E-state index contributed by atoms with van der Waals surface area (Å²) < 4.78 is 11.0. The van der Waals surface area contributed by atoms with E-state index in [9.17, 15) is 4.79 Å². The fourth-order valence-corrected chi connectivity index (χ4v) is 2.32. The van der Waals surface area contributed by atoms with Crippen molar-refractivity contribution < 1.29 is 14.3 Å². The summed E-state index contributed by atoms with van der Waals surface area (Å²) >= 11 is 2.04. The molecule has 0 bridgehead atoms. The molecule has 1 aliphatic rings. The third-order valence-electron chi connectivity index (χ3n) is 3.07. The summed E-state index contributed by atoms with van der Waals surface area (Å²) in [5.74, 6) is 1.22. The van der Waals surface area contributed by atoms with Crippen molar-refractivity contribution in [1.29, 1.82) is 0 Å². The van der Waals surface area contributed by atoms with E-state index in [0.29, 0.717) is 10.5 Å². The third-order valence-corrected chi connectivity index (χ3v) is 3.38. The van der Waals surface area contributed by atoms with Gasteiger partial charge in [-0.05, 0) is 59.0 Å². The molecular weight excluding hydrogens is 343 g/mol. The normalized spacial score (nSPS) is 21.4. The molecule has 2 unspecified atom stereocenters. The van der Waals surface area contributed by atoms with Crippen LogP contribution >= 0.6 is 22.6 Å². The van der Waals surface area contributed by atoms with Gasteiger partial charge in [0.25, 0.3) is 0 Å². The third kappa shape index (κ3) is 3.37. The molecule has 0 aliphatic heterocycles. The van der Waals surface area contributed by atoms with Crippen LogP contribution in [0.3, 0.4) is 0 Å². The number of carbonyl (C=O) groups excluding carboxylic acids is 1. The van der Waals surface area contributed by atoms with E-state index in [0.717, 1.165) is 25.2 Å². The summed E-state index contributed by atoms with van der Waals surface area (Å²) in [5.41, 5.74) is 1.20. The first-order valence-electron chi connectivity index (χ1n) is 6.21. The monoisotopic (exact) mass is 360 g/mol. The molecule has 0 spiro atoms. The average molecular weight is 360 g/mol. The highest BCUT2D eigenvalue weighted by Crippen LogP contribution is 2.48. The van der Waals surface area contributed by atoms with Gasteiger partial charge in [0.05, 0.1) is 12.5 Å². The van der Waals surface area contributed by atoms with E-state index in [2.05, 4.69) is 6.92 Å². The van der Waals surface area contributed by atoms with Gasteiger partial charge in [0, 0.05) is 0 Å². The molecule has 0 amide bonds. The number of rotatable bonds is 6. The van der Waals surface area contributed by atoms with Crippen LogP contribution < -0.4 is 4.74 Å². The lowest BCUT2D eigenvalue weighted by Gasteiger charge is -2.05. The minimum absolute atomic E-state index is 0.0576. The van der Waals surface area contributed by atoms with Gasteiger partial charge in [0.1, 0.15) is 10.4 Å². The molecule has 0 N–H and O–H groups in total. The zero-order valence-corrected chi connectivity index (χ0v) is 12.6. The molecule has 1 aromatic rings. The van der Waals surface area contributed by atoms with Gasteiger partial charge in [-0.15, -0.1) is 0 Å². The molecule has 3 nitrogen and oxygen atoms in total. The smallest absolute Gasteiger partial charge is 0.310 e. The molecule has 2 rings (SSSR count). The fourth-order valence-electron chi connectivity index (χ4n) is 2.02. The Morgan fingerprint density at radius 2 is 2.11 bits per heavy atom. The van der Waals surface area contributed by atoms with Gasteiger partial charge in [-0.2, -0.15) is 0 Å². The number of halogens is 1. The predicted molar refractivity (Wildman–Crippen MR) is 78.1 cm³/mol. The van der Waals surface area contributed by atoms with Crippen molar-refractivity contribution in [3.8, 4) is 5.75 Å². The highest BCUT2D eigenvalue weighted by Gasteiger charge is 2.45. The number of hydrogen-bond donors (Lipinski definition) is 0. The van der Waals surface area contributed by atoms with Gasteiger partial charge in [-0.3, -0.25) is 4.79 Å². The lowest BCUT2D eigenvalue weighted by atomic mass is 10.1. The Morgan fingerprint density at radius 3 is 2.72 bits per heavy atom. The summed E-state index contributed by atoms with van der Waals surface area (Å²) in [4.78, 5) is 11.5. The number of esters is 1. The molecule has 18 heavy (non-hydrogen) atoms. The number of ether oxygens (including phenoxy) is 2. The van der Waals surface area contributed by atoms with Crippen LogP contribution in [0.5, 0.6) is 5.75 Å². The SMILES string of the molecule is CCCOc1ccc(C2CC2C(=O)OCI)cc1. The van der Waals surface area contributed by atoms with Crippen LogP contribution in [-0.2, 0) is 9.53 Å².